The number of carbonyl (C=O) groups excluding carboxylic acids is 1. The minimum absolute atomic E-state index is 0.0704. The third-order valence-corrected chi connectivity index (χ3v) is 3.61. The largest absolute Gasteiger partial charge is 0.480 e. The van der Waals surface area contributed by atoms with Crippen LogP contribution in [0.25, 0.3) is 5.69 Å². The number of benzene rings is 1. The number of rotatable bonds is 7. The fraction of sp³-hybridized carbons (Fsp3) is 0.353. The van der Waals surface area contributed by atoms with Crippen molar-refractivity contribution in [2.45, 2.75) is 25.8 Å². The standard InChI is InChI=1S/C17H20FN3O4/c1-10(2)15-13(16(22)20-14(9-25-3)17(23)24)8-19-21(15)12-6-4-11(18)5-7-12/h4-8,10,14H,9H2,1-3H3,(H,20,22)(H,23,24). The predicted molar refractivity (Wildman–Crippen MR) is 88.4 cm³/mol. The molecule has 1 aromatic carbocycles. The van der Waals surface area contributed by atoms with Gasteiger partial charge in [0.05, 0.1) is 29.7 Å². The Labute approximate surface area is 144 Å². The molecule has 1 unspecified atom stereocenters. The molecule has 0 saturated carbocycles. The number of carboxylic acid groups (broad SMARTS) is 1. The van der Waals surface area contributed by atoms with Crippen molar-refractivity contribution in [3.8, 4) is 5.69 Å². The molecule has 0 bridgehead atoms. The average molecular weight is 349 g/mol. The van der Waals surface area contributed by atoms with Crippen molar-refractivity contribution < 1.29 is 23.8 Å². The number of nitrogens with zero attached hydrogens (tertiary/aromatic N) is 2. The van der Waals surface area contributed by atoms with E-state index in [1.165, 1.54) is 25.4 Å². The molecule has 8 heteroatoms. The molecule has 25 heavy (non-hydrogen) atoms. The Balaban J connectivity index is 2.37. The lowest BCUT2D eigenvalue weighted by Gasteiger charge is -2.15. The highest BCUT2D eigenvalue weighted by Crippen LogP contribution is 2.23. The van der Waals surface area contributed by atoms with Gasteiger partial charge >= 0.3 is 5.97 Å². The summed E-state index contributed by atoms with van der Waals surface area (Å²) in [5.74, 6) is -2.18. The summed E-state index contributed by atoms with van der Waals surface area (Å²) in [5, 5.41) is 15.8. The fourth-order valence-electron chi connectivity index (χ4n) is 2.45. The minimum Gasteiger partial charge on any atom is -0.480 e. The molecule has 1 aromatic heterocycles. The first-order valence-electron chi connectivity index (χ1n) is 7.71. The summed E-state index contributed by atoms with van der Waals surface area (Å²) in [4.78, 5) is 23.7. The highest BCUT2D eigenvalue weighted by atomic mass is 19.1. The summed E-state index contributed by atoms with van der Waals surface area (Å²) in [6.45, 7) is 3.62. The highest BCUT2D eigenvalue weighted by molar-refractivity contribution is 5.97. The normalized spacial score (nSPS) is 12.2. The summed E-state index contributed by atoms with van der Waals surface area (Å²) in [5.41, 5.74) is 1.48. The predicted octanol–water partition coefficient (Wildman–Crippen LogP) is 1.96. The highest BCUT2D eigenvalue weighted by Gasteiger charge is 2.25. The van der Waals surface area contributed by atoms with Gasteiger partial charge in [-0.15, -0.1) is 0 Å². The van der Waals surface area contributed by atoms with Gasteiger partial charge in [0, 0.05) is 7.11 Å². The molecule has 0 aliphatic heterocycles. The van der Waals surface area contributed by atoms with Crippen molar-refractivity contribution >= 4 is 11.9 Å². The number of hydrogen-bond acceptors (Lipinski definition) is 4. The first-order valence-corrected chi connectivity index (χ1v) is 7.71. The van der Waals surface area contributed by atoms with Crippen molar-refractivity contribution in [1.29, 1.82) is 0 Å². The molecule has 1 atom stereocenters. The van der Waals surface area contributed by atoms with Gasteiger partial charge in [-0.25, -0.2) is 13.9 Å². The smallest absolute Gasteiger partial charge is 0.328 e. The molecule has 2 N–H and O–H groups in total. The van der Waals surface area contributed by atoms with E-state index in [0.717, 1.165) is 0 Å². The van der Waals surface area contributed by atoms with Crippen LogP contribution in [0.15, 0.2) is 30.5 Å². The van der Waals surface area contributed by atoms with Gasteiger partial charge in [-0.2, -0.15) is 5.10 Å². The van der Waals surface area contributed by atoms with Crippen LogP contribution in [0, 0.1) is 5.82 Å². The second kappa shape index (κ2) is 7.89. The maximum atomic E-state index is 13.1. The Morgan fingerprint density at radius 2 is 1.96 bits per heavy atom. The minimum atomic E-state index is -1.19. The topological polar surface area (TPSA) is 93.5 Å². The molecule has 1 amide bonds. The number of methoxy groups -OCH3 is 1. The molecular weight excluding hydrogens is 329 g/mol. The quantitative estimate of drug-likeness (QED) is 0.797. The molecule has 0 saturated heterocycles. The molecule has 0 aliphatic rings. The van der Waals surface area contributed by atoms with Gasteiger partial charge in [-0.3, -0.25) is 4.79 Å². The Kier molecular flexibility index (Phi) is 5.87. The summed E-state index contributed by atoms with van der Waals surface area (Å²) < 4.78 is 19.5. The molecule has 0 aliphatic carbocycles. The molecule has 0 spiro atoms. The molecule has 1 heterocycles. The third kappa shape index (κ3) is 4.21. The monoisotopic (exact) mass is 349 g/mol. The number of carboxylic acids is 1. The summed E-state index contributed by atoms with van der Waals surface area (Å²) in [7, 11) is 1.36. The number of aromatic nitrogens is 2. The maximum absolute atomic E-state index is 13.1. The molecular formula is C17H20FN3O4. The first kappa shape index (κ1) is 18.6. The Hall–Kier alpha value is -2.74. The summed E-state index contributed by atoms with van der Waals surface area (Å²) in [6.07, 6.45) is 1.37. The van der Waals surface area contributed by atoms with Crippen LogP contribution in [0.1, 0.15) is 35.8 Å². The molecule has 2 aromatic rings. The Bertz CT molecular complexity index is 756. The van der Waals surface area contributed by atoms with E-state index in [1.807, 2.05) is 13.8 Å². The van der Waals surface area contributed by atoms with Gasteiger partial charge in [0.25, 0.3) is 5.91 Å². The van der Waals surface area contributed by atoms with Crippen LogP contribution in [-0.2, 0) is 9.53 Å². The fourth-order valence-corrected chi connectivity index (χ4v) is 2.45. The van der Waals surface area contributed by atoms with E-state index in [1.54, 1.807) is 16.8 Å². The van der Waals surface area contributed by atoms with Gasteiger partial charge in [0.2, 0.25) is 0 Å². The van der Waals surface area contributed by atoms with E-state index in [0.29, 0.717) is 11.4 Å². The van der Waals surface area contributed by atoms with E-state index in [-0.39, 0.29) is 23.9 Å². The second-order valence-electron chi connectivity index (χ2n) is 5.81. The number of nitrogens with one attached hydrogen (secondary N) is 1. The van der Waals surface area contributed by atoms with Gasteiger partial charge in [-0.05, 0) is 30.2 Å². The van der Waals surface area contributed by atoms with Gasteiger partial charge in [-0.1, -0.05) is 13.8 Å². The lowest BCUT2D eigenvalue weighted by atomic mass is 10.0. The van der Waals surface area contributed by atoms with Crippen LogP contribution in [0.2, 0.25) is 0 Å². The van der Waals surface area contributed by atoms with Crippen LogP contribution in [0.5, 0.6) is 0 Å². The number of aliphatic carboxylic acids is 1. The number of ether oxygens (including phenoxy) is 1. The molecule has 134 valence electrons. The molecule has 7 nitrogen and oxygen atoms in total. The molecule has 0 radical (unpaired) electrons. The van der Waals surface area contributed by atoms with Gasteiger partial charge in [0.1, 0.15) is 5.82 Å². The zero-order chi connectivity index (χ0) is 18.6. The SMILES string of the molecule is COCC(NC(=O)c1cnn(-c2ccc(F)cc2)c1C(C)C)C(=O)O. The Morgan fingerprint density at radius 3 is 2.48 bits per heavy atom. The lowest BCUT2D eigenvalue weighted by Crippen LogP contribution is -2.44. The van der Waals surface area contributed by atoms with E-state index in [2.05, 4.69) is 10.4 Å². The van der Waals surface area contributed by atoms with Crippen LogP contribution < -0.4 is 5.32 Å². The lowest BCUT2D eigenvalue weighted by molar-refractivity contribution is -0.140. The average Bonchev–Trinajstić information content (AvgIpc) is 3.00. The first-order chi connectivity index (χ1) is 11.8. The number of amides is 1. The van der Waals surface area contributed by atoms with Crippen LogP contribution in [-0.4, -0.2) is 46.5 Å². The van der Waals surface area contributed by atoms with E-state index < -0.39 is 17.9 Å². The molecule has 2 rings (SSSR count). The zero-order valence-electron chi connectivity index (χ0n) is 14.2. The molecule has 0 fully saturated rings. The van der Waals surface area contributed by atoms with Crippen LogP contribution in [0.4, 0.5) is 4.39 Å². The number of halogens is 1. The van der Waals surface area contributed by atoms with E-state index >= 15 is 0 Å². The van der Waals surface area contributed by atoms with Crippen molar-refractivity contribution in [1.82, 2.24) is 15.1 Å². The van der Waals surface area contributed by atoms with Gasteiger partial charge < -0.3 is 15.2 Å². The maximum Gasteiger partial charge on any atom is 0.328 e. The van der Waals surface area contributed by atoms with E-state index in [4.69, 9.17) is 9.84 Å². The van der Waals surface area contributed by atoms with Gasteiger partial charge in [0.15, 0.2) is 6.04 Å². The Morgan fingerprint density at radius 1 is 1.32 bits per heavy atom. The van der Waals surface area contributed by atoms with Crippen molar-refractivity contribution in [3.05, 3.63) is 47.5 Å². The second-order valence-corrected chi connectivity index (χ2v) is 5.81. The third-order valence-electron chi connectivity index (χ3n) is 3.61. The van der Waals surface area contributed by atoms with Crippen molar-refractivity contribution in [2.24, 2.45) is 0 Å². The number of carbonyl (C=O) groups is 2. The van der Waals surface area contributed by atoms with Crippen LogP contribution >= 0.6 is 0 Å². The van der Waals surface area contributed by atoms with Crippen molar-refractivity contribution in [3.63, 3.8) is 0 Å². The van der Waals surface area contributed by atoms with E-state index in [9.17, 15) is 14.0 Å². The summed E-state index contributed by atoms with van der Waals surface area (Å²) in [6, 6.07) is 4.56. The van der Waals surface area contributed by atoms with Crippen molar-refractivity contribution in [2.75, 3.05) is 13.7 Å². The number of hydrogen-bond donors (Lipinski definition) is 2. The summed E-state index contributed by atoms with van der Waals surface area (Å²) >= 11 is 0. The zero-order valence-corrected chi connectivity index (χ0v) is 14.2. The van der Waals surface area contributed by atoms with Crippen LogP contribution in [0.3, 0.4) is 0 Å².